The molecular weight excluding hydrogens is 344 g/mol. The molecule has 0 aliphatic heterocycles. The van der Waals surface area contributed by atoms with Crippen LogP contribution in [0.3, 0.4) is 0 Å². The first-order chi connectivity index (χ1) is 12.0. The number of methoxy groups -OCH3 is 1. The van der Waals surface area contributed by atoms with Gasteiger partial charge < -0.3 is 14.2 Å². The monoisotopic (exact) mass is 362 g/mol. The van der Waals surface area contributed by atoms with E-state index >= 15 is 0 Å². The lowest BCUT2D eigenvalue weighted by atomic mass is 10.2. The zero-order chi connectivity index (χ0) is 18.0. The molecule has 1 heterocycles. The van der Waals surface area contributed by atoms with Crippen molar-refractivity contribution in [3.63, 3.8) is 0 Å². The van der Waals surface area contributed by atoms with Crippen LogP contribution in [0.5, 0.6) is 11.6 Å². The Morgan fingerprint density at radius 3 is 2.44 bits per heavy atom. The van der Waals surface area contributed by atoms with Gasteiger partial charge in [0.15, 0.2) is 5.82 Å². The van der Waals surface area contributed by atoms with E-state index in [0.717, 1.165) is 18.4 Å². The Labute approximate surface area is 151 Å². The van der Waals surface area contributed by atoms with Gasteiger partial charge in [-0.05, 0) is 51.0 Å². The molecule has 1 aliphatic rings. The Morgan fingerprint density at radius 1 is 1.20 bits per heavy atom. The fraction of sp³-hybridized carbons (Fsp3) is 0.389. The zero-order valence-electron chi connectivity index (χ0n) is 14.3. The first-order valence-electron chi connectivity index (χ1n) is 8.08. The number of ether oxygens (including phenoxy) is 3. The minimum atomic E-state index is -0.821. The molecular formula is C18H19ClN2O4. The van der Waals surface area contributed by atoms with E-state index in [-0.39, 0.29) is 23.7 Å². The van der Waals surface area contributed by atoms with Gasteiger partial charge in [-0.15, -0.1) is 0 Å². The van der Waals surface area contributed by atoms with E-state index in [1.165, 1.54) is 7.11 Å². The maximum Gasteiger partial charge on any atom is 0.513 e. The second-order valence-corrected chi connectivity index (χ2v) is 6.51. The van der Waals surface area contributed by atoms with Crippen LogP contribution in [0.25, 0.3) is 11.4 Å². The van der Waals surface area contributed by atoms with Gasteiger partial charge in [0.05, 0.1) is 18.9 Å². The minimum absolute atomic E-state index is 0.139. The van der Waals surface area contributed by atoms with Crippen LogP contribution in [0.2, 0.25) is 5.02 Å². The van der Waals surface area contributed by atoms with Crippen LogP contribution in [0.4, 0.5) is 4.79 Å². The summed E-state index contributed by atoms with van der Waals surface area (Å²) in [6.07, 6.45) is 1.00. The Hall–Kier alpha value is -2.34. The number of hydrogen-bond donors (Lipinski definition) is 0. The van der Waals surface area contributed by atoms with Crippen molar-refractivity contribution in [2.75, 3.05) is 7.11 Å². The highest BCUT2D eigenvalue weighted by atomic mass is 35.5. The van der Waals surface area contributed by atoms with Crippen molar-refractivity contribution < 1.29 is 19.0 Å². The number of rotatable bonds is 5. The van der Waals surface area contributed by atoms with E-state index < -0.39 is 6.16 Å². The van der Waals surface area contributed by atoms with Crippen molar-refractivity contribution in [3.8, 4) is 23.0 Å². The third-order valence-corrected chi connectivity index (χ3v) is 3.88. The highest BCUT2D eigenvalue weighted by Crippen LogP contribution is 2.46. The van der Waals surface area contributed by atoms with Gasteiger partial charge in [0.1, 0.15) is 0 Å². The summed E-state index contributed by atoms with van der Waals surface area (Å²) in [5, 5.41) is 0.635. The number of halogens is 1. The van der Waals surface area contributed by atoms with E-state index in [2.05, 4.69) is 14.7 Å². The maximum absolute atomic E-state index is 11.6. The third kappa shape index (κ3) is 4.20. The second-order valence-electron chi connectivity index (χ2n) is 6.07. The van der Waals surface area contributed by atoms with Crippen LogP contribution in [-0.4, -0.2) is 29.3 Å². The standard InChI is InChI=1S/C18H19ClN2O4/c1-10(2)24-17-15(25-18(22)23-3)14(11-4-5-11)20-16(21-17)12-6-8-13(19)9-7-12/h6-11H,4-5H2,1-3H3. The molecule has 6 nitrogen and oxygen atoms in total. The lowest BCUT2D eigenvalue weighted by Gasteiger charge is -2.16. The average molecular weight is 363 g/mol. The van der Waals surface area contributed by atoms with Crippen molar-refractivity contribution in [2.24, 2.45) is 0 Å². The molecule has 0 atom stereocenters. The summed E-state index contributed by atoms with van der Waals surface area (Å²) >= 11 is 5.95. The van der Waals surface area contributed by atoms with Gasteiger partial charge in [-0.3, -0.25) is 0 Å². The molecule has 0 spiro atoms. The summed E-state index contributed by atoms with van der Waals surface area (Å²) in [5.74, 6) is 1.21. The highest BCUT2D eigenvalue weighted by Gasteiger charge is 2.33. The van der Waals surface area contributed by atoms with Crippen molar-refractivity contribution in [2.45, 2.75) is 38.7 Å². The highest BCUT2D eigenvalue weighted by molar-refractivity contribution is 6.30. The SMILES string of the molecule is COC(=O)Oc1c(OC(C)C)nc(-c2ccc(Cl)cc2)nc1C1CC1. The maximum atomic E-state index is 11.6. The molecule has 2 aromatic rings. The van der Waals surface area contributed by atoms with Crippen molar-refractivity contribution in [3.05, 3.63) is 35.0 Å². The lowest BCUT2D eigenvalue weighted by Crippen LogP contribution is -2.15. The Bertz CT molecular complexity index is 773. The summed E-state index contributed by atoms with van der Waals surface area (Å²) in [7, 11) is 1.26. The molecule has 3 rings (SSSR count). The van der Waals surface area contributed by atoms with E-state index in [0.29, 0.717) is 16.5 Å². The molecule has 1 aromatic heterocycles. The Balaban J connectivity index is 2.10. The summed E-state index contributed by atoms with van der Waals surface area (Å²) in [4.78, 5) is 20.7. The molecule has 1 aromatic carbocycles. The quantitative estimate of drug-likeness (QED) is 0.723. The topological polar surface area (TPSA) is 70.5 Å². The molecule has 0 amide bonds. The van der Waals surface area contributed by atoms with Crippen LogP contribution in [-0.2, 0) is 4.74 Å². The molecule has 0 radical (unpaired) electrons. The first kappa shape index (κ1) is 17.5. The van der Waals surface area contributed by atoms with Gasteiger partial charge in [0, 0.05) is 16.5 Å². The molecule has 1 fully saturated rings. The molecule has 0 N–H and O–H groups in total. The molecule has 132 valence electrons. The Morgan fingerprint density at radius 2 is 1.88 bits per heavy atom. The van der Waals surface area contributed by atoms with E-state index in [1.54, 1.807) is 12.1 Å². The number of benzene rings is 1. The van der Waals surface area contributed by atoms with E-state index in [9.17, 15) is 4.79 Å². The number of carbonyl (C=O) groups is 1. The molecule has 0 unspecified atom stereocenters. The number of aromatic nitrogens is 2. The fourth-order valence-electron chi connectivity index (χ4n) is 2.33. The van der Waals surface area contributed by atoms with Gasteiger partial charge in [0.25, 0.3) is 5.88 Å². The second kappa shape index (κ2) is 7.27. The van der Waals surface area contributed by atoms with Crippen molar-refractivity contribution in [1.29, 1.82) is 0 Å². The summed E-state index contributed by atoms with van der Waals surface area (Å²) in [5.41, 5.74) is 1.48. The predicted molar refractivity (Wildman–Crippen MR) is 93.3 cm³/mol. The third-order valence-electron chi connectivity index (χ3n) is 3.63. The number of hydrogen-bond acceptors (Lipinski definition) is 6. The summed E-state index contributed by atoms with van der Waals surface area (Å²) in [6.45, 7) is 3.76. The molecule has 0 bridgehead atoms. The molecule has 25 heavy (non-hydrogen) atoms. The predicted octanol–water partition coefficient (Wildman–Crippen LogP) is 4.61. The van der Waals surface area contributed by atoms with E-state index in [4.69, 9.17) is 21.1 Å². The summed E-state index contributed by atoms with van der Waals surface area (Å²) in [6, 6.07) is 7.24. The van der Waals surface area contributed by atoms with E-state index in [1.807, 2.05) is 26.0 Å². The first-order valence-corrected chi connectivity index (χ1v) is 8.46. The minimum Gasteiger partial charge on any atom is -0.472 e. The van der Waals surface area contributed by atoms with Gasteiger partial charge >= 0.3 is 6.16 Å². The molecule has 0 saturated heterocycles. The van der Waals surface area contributed by atoms with Gasteiger partial charge in [-0.25, -0.2) is 9.78 Å². The molecule has 1 aliphatic carbocycles. The van der Waals surface area contributed by atoms with Gasteiger partial charge in [0.2, 0.25) is 5.75 Å². The largest absolute Gasteiger partial charge is 0.513 e. The number of carbonyl (C=O) groups excluding carboxylic acids is 1. The van der Waals surface area contributed by atoms with Crippen molar-refractivity contribution >= 4 is 17.8 Å². The lowest BCUT2D eigenvalue weighted by molar-refractivity contribution is 0.117. The Kier molecular flexibility index (Phi) is 5.08. The summed E-state index contributed by atoms with van der Waals surface area (Å²) < 4.78 is 15.7. The van der Waals surface area contributed by atoms with Gasteiger partial charge in [-0.1, -0.05) is 11.6 Å². The zero-order valence-corrected chi connectivity index (χ0v) is 15.0. The average Bonchev–Trinajstić information content (AvgIpc) is 3.41. The fourth-order valence-corrected chi connectivity index (χ4v) is 2.46. The smallest absolute Gasteiger partial charge is 0.472 e. The van der Waals surface area contributed by atoms with Crippen molar-refractivity contribution in [1.82, 2.24) is 9.97 Å². The van der Waals surface area contributed by atoms with Crippen LogP contribution in [0.15, 0.2) is 24.3 Å². The number of nitrogens with zero attached hydrogens (tertiary/aromatic N) is 2. The van der Waals surface area contributed by atoms with Crippen LogP contribution in [0, 0.1) is 0 Å². The van der Waals surface area contributed by atoms with Crippen LogP contribution >= 0.6 is 11.6 Å². The molecule has 7 heteroatoms. The molecule has 1 saturated carbocycles. The normalized spacial score (nSPS) is 13.6. The van der Waals surface area contributed by atoms with Gasteiger partial charge in [-0.2, -0.15) is 4.98 Å². The van der Waals surface area contributed by atoms with Crippen LogP contribution < -0.4 is 9.47 Å². The van der Waals surface area contributed by atoms with Crippen LogP contribution in [0.1, 0.15) is 38.3 Å².